The summed E-state index contributed by atoms with van der Waals surface area (Å²) in [6, 6.07) is 7.03. The Labute approximate surface area is 130 Å². The molecule has 21 heavy (non-hydrogen) atoms. The van der Waals surface area contributed by atoms with E-state index in [1.54, 1.807) is 24.3 Å². The van der Waals surface area contributed by atoms with E-state index in [9.17, 15) is 9.59 Å². The van der Waals surface area contributed by atoms with E-state index in [1.807, 2.05) is 0 Å². The van der Waals surface area contributed by atoms with Gasteiger partial charge in [-0.15, -0.1) is 0 Å². The van der Waals surface area contributed by atoms with E-state index in [1.165, 1.54) is 16.4 Å². The molecule has 0 fully saturated rings. The fourth-order valence-corrected chi connectivity index (χ4v) is 3.22. The Balaban J connectivity index is 2.07. The molecule has 0 aliphatic carbocycles. The van der Waals surface area contributed by atoms with E-state index in [0.717, 1.165) is 38.8 Å². The van der Waals surface area contributed by atoms with Gasteiger partial charge in [-0.2, -0.15) is 0 Å². The maximum Gasteiger partial charge on any atom is 0.272 e. The summed E-state index contributed by atoms with van der Waals surface area (Å²) in [5.41, 5.74) is 1.03. The Kier molecular flexibility index (Phi) is 5.82. The molecule has 0 spiro atoms. The molecule has 2 amide bonds. The Morgan fingerprint density at radius 2 is 1.43 bits per heavy atom. The van der Waals surface area contributed by atoms with E-state index in [-0.39, 0.29) is 11.8 Å². The van der Waals surface area contributed by atoms with Gasteiger partial charge >= 0.3 is 0 Å². The number of imide groups is 1. The molecule has 0 bridgehead atoms. The second-order valence-corrected chi connectivity index (χ2v) is 6.21. The third-order valence-corrected chi connectivity index (χ3v) is 4.57. The molecule has 0 saturated heterocycles. The molecule has 0 unspecified atom stereocenters. The number of nitrogens with zero attached hydrogens (tertiary/aromatic N) is 2. The van der Waals surface area contributed by atoms with E-state index in [0.29, 0.717) is 11.1 Å². The van der Waals surface area contributed by atoms with Crippen LogP contribution in [0.5, 0.6) is 0 Å². The summed E-state index contributed by atoms with van der Waals surface area (Å²) in [5, 5.41) is 0. The van der Waals surface area contributed by atoms with Crippen LogP contribution in [0.2, 0.25) is 0 Å². The topological polar surface area (TPSA) is 40.6 Å². The highest BCUT2D eigenvalue weighted by molar-refractivity contribution is 7.95. The Bertz CT molecular complexity index is 476. The zero-order chi connectivity index (χ0) is 15.2. The zero-order valence-electron chi connectivity index (χ0n) is 12.7. The van der Waals surface area contributed by atoms with Crippen LogP contribution in [0.3, 0.4) is 0 Å². The molecule has 1 aromatic carbocycles. The van der Waals surface area contributed by atoms with Gasteiger partial charge in [0, 0.05) is 13.1 Å². The molecule has 0 radical (unpaired) electrons. The van der Waals surface area contributed by atoms with Gasteiger partial charge in [-0.25, -0.2) is 8.61 Å². The molecule has 0 aromatic heterocycles. The SMILES string of the molecule is CCCCN(CCCC)SN1C(=O)c2ccccc2C1=O. The quantitative estimate of drug-likeness (QED) is 0.542. The summed E-state index contributed by atoms with van der Waals surface area (Å²) >= 11 is 1.27. The van der Waals surface area contributed by atoms with Gasteiger partial charge in [0.1, 0.15) is 0 Å². The van der Waals surface area contributed by atoms with Crippen molar-refractivity contribution in [2.24, 2.45) is 0 Å². The average molecular weight is 306 g/mol. The summed E-state index contributed by atoms with van der Waals surface area (Å²) in [4.78, 5) is 24.7. The van der Waals surface area contributed by atoms with Crippen molar-refractivity contribution in [1.29, 1.82) is 0 Å². The first kappa shape index (κ1) is 16.0. The van der Waals surface area contributed by atoms with Crippen LogP contribution in [0.4, 0.5) is 0 Å². The molecule has 1 aliphatic rings. The molecular formula is C16H22N2O2S. The Morgan fingerprint density at radius 1 is 0.952 bits per heavy atom. The number of benzene rings is 1. The van der Waals surface area contributed by atoms with Crippen molar-refractivity contribution in [3.63, 3.8) is 0 Å². The largest absolute Gasteiger partial charge is 0.272 e. The predicted octanol–water partition coefficient (Wildman–Crippen LogP) is 3.75. The summed E-state index contributed by atoms with van der Waals surface area (Å²) in [6.45, 7) is 6.08. The summed E-state index contributed by atoms with van der Waals surface area (Å²) in [5.74, 6) is -0.391. The fraction of sp³-hybridized carbons (Fsp3) is 0.500. The second-order valence-electron chi connectivity index (χ2n) is 5.17. The molecule has 1 aromatic rings. The van der Waals surface area contributed by atoms with Gasteiger partial charge in [-0.1, -0.05) is 38.8 Å². The monoisotopic (exact) mass is 306 g/mol. The van der Waals surface area contributed by atoms with Gasteiger partial charge in [-0.05, 0) is 25.0 Å². The van der Waals surface area contributed by atoms with E-state index in [2.05, 4.69) is 18.2 Å². The van der Waals surface area contributed by atoms with Crippen molar-refractivity contribution in [3.05, 3.63) is 35.4 Å². The number of fused-ring (bicyclic) bond motifs is 1. The van der Waals surface area contributed by atoms with Crippen molar-refractivity contribution in [2.45, 2.75) is 39.5 Å². The van der Waals surface area contributed by atoms with E-state index in [4.69, 9.17) is 0 Å². The van der Waals surface area contributed by atoms with Gasteiger partial charge in [-0.3, -0.25) is 9.59 Å². The molecule has 4 nitrogen and oxygen atoms in total. The van der Waals surface area contributed by atoms with Crippen LogP contribution in [0, 0.1) is 0 Å². The Hall–Kier alpha value is -1.33. The smallest absolute Gasteiger partial charge is 0.268 e. The van der Waals surface area contributed by atoms with Gasteiger partial charge in [0.05, 0.1) is 23.3 Å². The lowest BCUT2D eigenvalue weighted by atomic mass is 10.1. The molecule has 114 valence electrons. The summed E-state index contributed by atoms with van der Waals surface area (Å²) < 4.78 is 3.44. The van der Waals surface area contributed by atoms with Crippen molar-refractivity contribution in [3.8, 4) is 0 Å². The minimum Gasteiger partial charge on any atom is -0.268 e. The first-order chi connectivity index (χ1) is 10.2. The second kappa shape index (κ2) is 7.61. The third-order valence-electron chi connectivity index (χ3n) is 3.48. The highest BCUT2D eigenvalue weighted by Crippen LogP contribution is 2.30. The number of carbonyl (C=O) groups is 2. The number of carbonyl (C=O) groups excluding carboxylic acids is 2. The first-order valence-electron chi connectivity index (χ1n) is 7.59. The molecule has 0 N–H and O–H groups in total. The molecule has 2 rings (SSSR count). The normalized spacial score (nSPS) is 14.1. The van der Waals surface area contributed by atoms with E-state index < -0.39 is 0 Å². The summed E-state index contributed by atoms with van der Waals surface area (Å²) in [6.07, 6.45) is 4.34. The van der Waals surface area contributed by atoms with Crippen molar-refractivity contribution in [1.82, 2.24) is 8.61 Å². The van der Waals surface area contributed by atoms with Crippen LogP contribution in [0.15, 0.2) is 24.3 Å². The van der Waals surface area contributed by atoms with Crippen LogP contribution < -0.4 is 0 Å². The van der Waals surface area contributed by atoms with Gasteiger partial charge in [0.15, 0.2) is 0 Å². The lowest BCUT2D eigenvalue weighted by Gasteiger charge is -2.24. The van der Waals surface area contributed by atoms with Crippen LogP contribution in [-0.2, 0) is 0 Å². The standard InChI is InChI=1S/C16H22N2O2S/c1-3-5-11-17(12-6-4-2)21-18-15(19)13-9-7-8-10-14(13)16(18)20/h7-10H,3-6,11-12H2,1-2H3. The van der Waals surface area contributed by atoms with Crippen LogP contribution in [0.25, 0.3) is 0 Å². The molecule has 1 heterocycles. The van der Waals surface area contributed by atoms with Crippen LogP contribution in [0.1, 0.15) is 60.2 Å². The Morgan fingerprint density at radius 3 is 1.86 bits per heavy atom. The average Bonchev–Trinajstić information content (AvgIpc) is 2.75. The number of amides is 2. The van der Waals surface area contributed by atoms with Gasteiger partial charge in [0.25, 0.3) is 11.8 Å². The fourth-order valence-electron chi connectivity index (χ4n) is 2.22. The number of unbranched alkanes of at least 4 members (excludes halogenated alkanes) is 2. The number of rotatable bonds is 8. The lowest BCUT2D eigenvalue weighted by molar-refractivity contribution is 0.0772. The molecule has 0 atom stereocenters. The first-order valence-corrected chi connectivity index (χ1v) is 8.32. The molecule has 5 heteroatoms. The maximum atomic E-state index is 12.3. The summed E-state index contributed by atoms with van der Waals surface area (Å²) in [7, 11) is 0. The predicted molar refractivity (Wildman–Crippen MR) is 85.9 cm³/mol. The van der Waals surface area contributed by atoms with E-state index >= 15 is 0 Å². The highest BCUT2D eigenvalue weighted by Gasteiger charge is 2.37. The highest BCUT2D eigenvalue weighted by atomic mass is 32.2. The van der Waals surface area contributed by atoms with Crippen molar-refractivity contribution in [2.75, 3.05) is 13.1 Å². The number of hydrogen-bond acceptors (Lipinski definition) is 4. The molecule has 0 saturated carbocycles. The minimum atomic E-state index is -0.196. The van der Waals surface area contributed by atoms with Crippen molar-refractivity contribution >= 4 is 23.9 Å². The lowest BCUT2D eigenvalue weighted by Crippen LogP contribution is -2.30. The van der Waals surface area contributed by atoms with Crippen LogP contribution in [-0.4, -0.2) is 33.5 Å². The third kappa shape index (κ3) is 3.66. The van der Waals surface area contributed by atoms with Gasteiger partial charge < -0.3 is 0 Å². The zero-order valence-corrected chi connectivity index (χ0v) is 13.5. The van der Waals surface area contributed by atoms with Crippen molar-refractivity contribution < 1.29 is 9.59 Å². The molecular weight excluding hydrogens is 284 g/mol. The van der Waals surface area contributed by atoms with Gasteiger partial charge in [0.2, 0.25) is 0 Å². The number of hydrogen-bond donors (Lipinski definition) is 0. The van der Waals surface area contributed by atoms with Crippen LogP contribution >= 0.6 is 12.1 Å². The molecule has 1 aliphatic heterocycles. The minimum absolute atomic E-state index is 0.196. The maximum absolute atomic E-state index is 12.3.